The third-order valence-corrected chi connectivity index (χ3v) is 7.45. The second-order valence-electron chi connectivity index (χ2n) is 7.41. The van der Waals surface area contributed by atoms with Crippen LogP contribution in [-0.2, 0) is 16.6 Å². The van der Waals surface area contributed by atoms with Crippen LogP contribution in [-0.4, -0.2) is 37.7 Å². The second-order valence-corrected chi connectivity index (χ2v) is 10.2. The van der Waals surface area contributed by atoms with Gasteiger partial charge in [-0.05, 0) is 59.8 Å². The third-order valence-electron chi connectivity index (χ3n) is 5.14. The van der Waals surface area contributed by atoms with Crippen molar-refractivity contribution in [1.29, 1.82) is 0 Å². The lowest BCUT2D eigenvalue weighted by atomic mass is 10.1. The highest BCUT2D eigenvalue weighted by molar-refractivity contribution is 8.15. The first-order chi connectivity index (χ1) is 15.9. The summed E-state index contributed by atoms with van der Waals surface area (Å²) < 4.78 is 32.4. The van der Waals surface area contributed by atoms with Crippen molar-refractivity contribution in [2.24, 2.45) is 4.40 Å². The lowest BCUT2D eigenvalue weighted by Gasteiger charge is -2.22. The normalized spacial score (nSPS) is 15.9. The number of amides is 2. The van der Waals surface area contributed by atoms with E-state index in [2.05, 4.69) is 15.0 Å². The standard InChI is InChI=1S/C22H18N4O5S2/c27-20(15-5-8-17-19(12-15)32-22-25-33(29,30)11-9-26(17)22)23-13-14-3-6-16(7-4-14)24-21(28)18-2-1-10-31-18/h1-8,10,12H,9,11,13H2,(H,23,27)(H,24,28). The molecule has 3 heterocycles. The van der Waals surface area contributed by atoms with Gasteiger partial charge in [0.2, 0.25) is 0 Å². The maximum atomic E-state index is 12.7. The van der Waals surface area contributed by atoms with Crippen LogP contribution in [0.4, 0.5) is 11.4 Å². The number of sulfonamides is 1. The summed E-state index contributed by atoms with van der Waals surface area (Å²) in [4.78, 5) is 27.3. The molecular formula is C22H18N4O5S2. The molecule has 0 bridgehead atoms. The fourth-order valence-corrected chi connectivity index (χ4v) is 5.76. The molecule has 0 radical (unpaired) electrons. The molecule has 11 heteroatoms. The van der Waals surface area contributed by atoms with Crippen LogP contribution in [0.1, 0.15) is 26.5 Å². The summed E-state index contributed by atoms with van der Waals surface area (Å²) in [5.74, 6) is -0.378. The first-order valence-electron chi connectivity index (χ1n) is 10.0. The van der Waals surface area contributed by atoms with Gasteiger partial charge in [0.1, 0.15) is 0 Å². The highest BCUT2D eigenvalue weighted by Crippen LogP contribution is 2.42. The Hall–Kier alpha value is -3.57. The largest absolute Gasteiger partial charge is 0.459 e. The summed E-state index contributed by atoms with van der Waals surface area (Å²) in [7, 11) is -3.42. The number of thioether (sulfide) groups is 1. The number of anilines is 2. The van der Waals surface area contributed by atoms with Crippen LogP contribution in [0.25, 0.3) is 0 Å². The quantitative estimate of drug-likeness (QED) is 0.573. The molecule has 2 aliphatic rings. The van der Waals surface area contributed by atoms with E-state index in [-0.39, 0.29) is 23.3 Å². The number of carbonyl (C=O) groups is 2. The van der Waals surface area contributed by atoms with Gasteiger partial charge < -0.3 is 20.0 Å². The molecule has 33 heavy (non-hydrogen) atoms. The average Bonchev–Trinajstić information content (AvgIpc) is 3.45. The molecule has 9 nitrogen and oxygen atoms in total. The minimum atomic E-state index is -3.42. The van der Waals surface area contributed by atoms with Gasteiger partial charge in [-0.2, -0.15) is 0 Å². The monoisotopic (exact) mass is 482 g/mol. The van der Waals surface area contributed by atoms with Crippen LogP contribution >= 0.6 is 11.8 Å². The van der Waals surface area contributed by atoms with Gasteiger partial charge in [-0.25, -0.2) is 8.42 Å². The number of nitrogens with one attached hydrogen (secondary N) is 2. The van der Waals surface area contributed by atoms with E-state index in [9.17, 15) is 18.0 Å². The van der Waals surface area contributed by atoms with Gasteiger partial charge in [0.15, 0.2) is 10.9 Å². The number of benzene rings is 2. The molecule has 2 aromatic carbocycles. The highest BCUT2D eigenvalue weighted by atomic mass is 32.2. The van der Waals surface area contributed by atoms with E-state index in [1.807, 2.05) is 23.1 Å². The second kappa shape index (κ2) is 8.41. The summed E-state index contributed by atoms with van der Waals surface area (Å²) in [6.07, 6.45) is 1.43. The number of carbonyl (C=O) groups excluding carboxylic acids is 2. The van der Waals surface area contributed by atoms with E-state index in [0.29, 0.717) is 29.5 Å². The molecule has 168 valence electrons. The molecule has 0 spiro atoms. The predicted molar refractivity (Wildman–Crippen MR) is 125 cm³/mol. The Morgan fingerprint density at radius 1 is 1.09 bits per heavy atom. The van der Waals surface area contributed by atoms with Gasteiger partial charge >= 0.3 is 0 Å². The van der Waals surface area contributed by atoms with Gasteiger partial charge in [0, 0.05) is 29.2 Å². The van der Waals surface area contributed by atoms with E-state index < -0.39 is 10.0 Å². The predicted octanol–water partition coefficient (Wildman–Crippen LogP) is 3.07. The molecule has 2 amide bonds. The molecule has 2 aliphatic heterocycles. The van der Waals surface area contributed by atoms with Gasteiger partial charge in [-0.3, -0.25) is 9.59 Å². The van der Waals surface area contributed by atoms with Gasteiger partial charge in [-0.15, -0.1) is 4.40 Å². The fourth-order valence-electron chi connectivity index (χ4n) is 3.46. The molecule has 2 N–H and O–H groups in total. The Morgan fingerprint density at radius 2 is 1.91 bits per heavy atom. The fraction of sp³-hybridized carbons (Fsp3) is 0.136. The molecule has 5 rings (SSSR count). The minimum Gasteiger partial charge on any atom is -0.459 e. The molecule has 0 fully saturated rings. The molecule has 0 saturated heterocycles. The summed E-state index contributed by atoms with van der Waals surface area (Å²) in [6.45, 7) is 0.664. The number of amidine groups is 1. The van der Waals surface area contributed by atoms with E-state index in [1.165, 1.54) is 18.0 Å². The van der Waals surface area contributed by atoms with Crippen molar-refractivity contribution in [3.8, 4) is 0 Å². The first-order valence-corrected chi connectivity index (χ1v) is 12.4. The van der Waals surface area contributed by atoms with E-state index >= 15 is 0 Å². The third kappa shape index (κ3) is 4.50. The van der Waals surface area contributed by atoms with E-state index in [0.717, 1.165) is 16.1 Å². The summed E-state index contributed by atoms with van der Waals surface area (Å²) >= 11 is 1.25. The van der Waals surface area contributed by atoms with Gasteiger partial charge in [0.05, 0.1) is 17.7 Å². The van der Waals surface area contributed by atoms with Crippen LogP contribution in [0.15, 0.2) is 74.6 Å². The average molecular weight is 483 g/mol. The van der Waals surface area contributed by atoms with Crippen molar-refractivity contribution >= 4 is 50.1 Å². The number of nitrogens with zero attached hydrogens (tertiary/aromatic N) is 2. The van der Waals surface area contributed by atoms with Crippen LogP contribution in [0, 0.1) is 0 Å². The number of rotatable bonds is 5. The Labute approximate surface area is 193 Å². The summed E-state index contributed by atoms with van der Waals surface area (Å²) in [5, 5.41) is 6.04. The molecule has 0 unspecified atom stereocenters. The maximum absolute atomic E-state index is 12.7. The maximum Gasteiger partial charge on any atom is 0.291 e. The topological polar surface area (TPSA) is 121 Å². The van der Waals surface area contributed by atoms with Crippen molar-refractivity contribution in [1.82, 2.24) is 5.32 Å². The lowest BCUT2D eigenvalue weighted by molar-refractivity contribution is 0.0949. The molecule has 1 aromatic heterocycles. The smallest absolute Gasteiger partial charge is 0.291 e. The highest BCUT2D eigenvalue weighted by Gasteiger charge is 2.33. The zero-order valence-electron chi connectivity index (χ0n) is 17.1. The van der Waals surface area contributed by atoms with Crippen LogP contribution < -0.4 is 15.5 Å². The Morgan fingerprint density at radius 3 is 2.67 bits per heavy atom. The zero-order chi connectivity index (χ0) is 23.0. The lowest BCUT2D eigenvalue weighted by Crippen LogP contribution is -2.35. The van der Waals surface area contributed by atoms with Gasteiger partial charge in [0.25, 0.3) is 21.8 Å². The number of hydrogen-bond acceptors (Lipinski definition) is 7. The van der Waals surface area contributed by atoms with Crippen molar-refractivity contribution in [2.45, 2.75) is 11.4 Å². The Kier molecular flexibility index (Phi) is 5.43. The van der Waals surface area contributed by atoms with Crippen molar-refractivity contribution in [3.63, 3.8) is 0 Å². The SMILES string of the molecule is O=C(NCc1ccc(NC(=O)c2ccco2)cc1)c1ccc2c(c1)SC1=NS(=O)(=O)CCN12. The molecule has 0 saturated carbocycles. The number of hydrogen-bond donors (Lipinski definition) is 2. The van der Waals surface area contributed by atoms with E-state index in [1.54, 1.807) is 36.4 Å². The molecule has 0 aliphatic carbocycles. The van der Waals surface area contributed by atoms with Gasteiger partial charge in [-0.1, -0.05) is 12.1 Å². The summed E-state index contributed by atoms with van der Waals surface area (Å²) in [6, 6.07) is 15.6. The Balaban J connectivity index is 1.20. The zero-order valence-corrected chi connectivity index (χ0v) is 18.8. The van der Waals surface area contributed by atoms with Crippen molar-refractivity contribution < 1.29 is 22.4 Å². The number of fused-ring (bicyclic) bond motifs is 3. The van der Waals surface area contributed by atoms with Crippen LogP contribution in [0.5, 0.6) is 0 Å². The molecule has 0 atom stereocenters. The minimum absolute atomic E-state index is 0.0238. The Bertz CT molecular complexity index is 1370. The van der Waals surface area contributed by atoms with Crippen LogP contribution in [0.2, 0.25) is 0 Å². The van der Waals surface area contributed by atoms with Crippen LogP contribution in [0.3, 0.4) is 0 Å². The first kappa shape index (κ1) is 21.3. The van der Waals surface area contributed by atoms with E-state index in [4.69, 9.17) is 4.42 Å². The van der Waals surface area contributed by atoms with Crippen molar-refractivity contribution in [3.05, 3.63) is 77.7 Å². The van der Waals surface area contributed by atoms with Crippen molar-refractivity contribution in [2.75, 3.05) is 22.5 Å². The molecule has 3 aromatic rings. The molecular weight excluding hydrogens is 464 g/mol. The summed E-state index contributed by atoms with van der Waals surface area (Å²) in [5.41, 5.74) is 2.82. The number of furan rings is 1.